The van der Waals surface area contributed by atoms with Crippen LogP contribution in [-0.2, 0) is 0 Å². The first-order valence-electron chi connectivity index (χ1n) is 4.50. The fourth-order valence-corrected chi connectivity index (χ4v) is 1.30. The van der Waals surface area contributed by atoms with E-state index in [0.717, 1.165) is 11.4 Å². The van der Waals surface area contributed by atoms with E-state index in [9.17, 15) is 0 Å². The number of rotatable bonds is 3. The van der Waals surface area contributed by atoms with Gasteiger partial charge in [0, 0.05) is 11.1 Å². The molecule has 14 heavy (non-hydrogen) atoms. The molecular weight excluding hydrogens is 196 g/mol. The molecule has 1 saturated carbocycles. The molecule has 1 aliphatic carbocycles. The third-order valence-corrected chi connectivity index (χ3v) is 2.60. The predicted molar refractivity (Wildman–Crippen MR) is 59.2 cm³/mol. The van der Waals surface area contributed by atoms with Crippen LogP contribution in [0.3, 0.4) is 0 Å². The Morgan fingerprint density at radius 3 is 2.93 bits per heavy atom. The quantitative estimate of drug-likeness (QED) is 0.728. The maximum Gasteiger partial charge on any atom is 0.149 e. The smallest absolute Gasteiger partial charge is 0.149 e. The Morgan fingerprint density at radius 2 is 2.36 bits per heavy atom. The van der Waals surface area contributed by atoms with Gasteiger partial charge in [0.1, 0.15) is 10.8 Å². The molecule has 1 aliphatic rings. The van der Waals surface area contributed by atoms with Gasteiger partial charge in [0.15, 0.2) is 0 Å². The number of thiocarbonyl (C=S) groups is 1. The van der Waals surface area contributed by atoms with Gasteiger partial charge >= 0.3 is 0 Å². The summed E-state index contributed by atoms with van der Waals surface area (Å²) in [5, 5.41) is 11.1. The average Bonchev–Trinajstić information content (AvgIpc) is 2.83. The minimum atomic E-state index is 0.198. The number of nitrogens with one attached hydrogen (secondary N) is 1. The maximum atomic E-state index is 5.50. The summed E-state index contributed by atoms with van der Waals surface area (Å²) in [6.07, 6.45) is 3.92. The summed E-state index contributed by atoms with van der Waals surface area (Å²) in [7, 11) is 0. The standard InChI is InChI=1S/C9H12N4S/c1-9(2-3-9)12-7-4-6(8(10)14)5-11-13-7/h4-5H,2-3H2,1H3,(H2,10,14)(H,12,13). The fourth-order valence-electron chi connectivity index (χ4n) is 1.18. The molecule has 0 atom stereocenters. The van der Waals surface area contributed by atoms with Crippen molar-refractivity contribution in [1.82, 2.24) is 10.2 Å². The molecular formula is C9H12N4S. The molecule has 74 valence electrons. The van der Waals surface area contributed by atoms with Crippen LogP contribution < -0.4 is 11.1 Å². The Morgan fingerprint density at radius 1 is 1.64 bits per heavy atom. The number of aromatic nitrogens is 2. The van der Waals surface area contributed by atoms with Gasteiger partial charge in [-0.2, -0.15) is 5.10 Å². The first kappa shape index (κ1) is 9.33. The summed E-state index contributed by atoms with van der Waals surface area (Å²) in [5.74, 6) is 0.746. The monoisotopic (exact) mass is 208 g/mol. The van der Waals surface area contributed by atoms with Crippen molar-refractivity contribution in [1.29, 1.82) is 0 Å². The highest BCUT2D eigenvalue weighted by molar-refractivity contribution is 7.80. The minimum absolute atomic E-state index is 0.198. The zero-order chi connectivity index (χ0) is 10.2. The second-order valence-corrected chi connectivity index (χ2v) is 4.32. The van der Waals surface area contributed by atoms with Crippen LogP contribution in [0.2, 0.25) is 0 Å². The zero-order valence-electron chi connectivity index (χ0n) is 7.95. The number of nitrogens with two attached hydrogens (primary N) is 1. The second kappa shape index (κ2) is 3.16. The lowest BCUT2D eigenvalue weighted by Crippen LogP contribution is -2.18. The van der Waals surface area contributed by atoms with Gasteiger partial charge in [0.25, 0.3) is 0 Å². The summed E-state index contributed by atoms with van der Waals surface area (Å²) in [5.41, 5.74) is 6.45. The lowest BCUT2D eigenvalue weighted by molar-refractivity contribution is 0.811. The van der Waals surface area contributed by atoms with Crippen molar-refractivity contribution in [2.75, 3.05) is 5.32 Å². The van der Waals surface area contributed by atoms with Crippen molar-refractivity contribution < 1.29 is 0 Å². The Labute approximate surface area is 87.9 Å². The highest BCUT2D eigenvalue weighted by Gasteiger charge is 2.37. The van der Waals surface area contributed by atoms with Crippen LogP contribution in [-0.4, -0.2) is 20.7 Å². The molecule has 0 amide bonds. The van der Waals surface area contributed by atoms with E-state index in [1.165, 1.54) is 12.8 Å². The van der Waals surface area contributed by atoms with E-state index in [4.69, 9.17) is 18.0 Å². The van der Waals surface area contributed by atoms with Gasteiger partial charge in [-0.3, -0.25) is 0 Å². The summed E-state index contributed by atoms with van der Waals surface area (Å²) >= 11 is 4.86. The molecule has 0 aliphatic heterocycles. The van der Waals surface area contributed by atoms with Crippen molar-refractivity contribution in [3.8, 4) is 0 Å². The summed E-state index contributed by atoms with van der Waals surface area (Å²) in [4.78, 5) is 0.351. The summed E-state index contributed by atoms with van der Waals surface area (Å²) < 4.78 is 0. The van der Waals surface area contributed by atoms with E-state index >= 15 is 0 Å². The predicted octanol–water partition coefficient (Wildman–Crippen LogP) is 1.08. The van der Waals surface area contributed by atoms with E-state index in [0.29, 0.717) is 4.99 Å². The molecule has 0 spiro atoms. The zero-order valence-corrected chi connectivity index (χ0v) is 8.77. The van der Waals surface area contributed by atoms with E-state index in [1.807, 2.05) is 6.07 Å². The van der Waals surface area contributed by atoms with E-state index in [-0.39, 0.29) is 5.54 Å². The van der Waals surface area contributed by atoms with Gasteiger partial charge in [-0.15, -0.1) is 5.10 Å². The second-order valence-electron chi connectivity index (χ2n) is 3.88. The Bertz CT molecular complexity index is 373. The Hall–Kier alpha value is -1.23. The van der Waals surface area contributed by atoms with Crippen LogP contribution in [0.1, 0.15) is 25.3 Å². The molecule has 0 aromatic carbocycles. The van der Waals surface area contributed by atoms with Crippen molar-refractivity contribution in [3.05, 3.63) is 17.8 Å². The highest BCUT2D eigenvalue weighted by atomic mass is 32.1. The lowest BCUT2D eigenvalue weighted by atomic mass is 10.3. The van der Waals surface area contributed by atoms with E-state index in [1.54, 1.807) is 6.20 Å². The molecule has 0 bridgehead atoms. The first-order valence-corrected chi connectivity index (χ1v) is 4.91. The van der Waals surface area contributed by atoms with Crippen LogP contribution in [0.4, 0.5) is 5.82 Å². The summed E-state index contributed by atoms with van der Waals surface area (Å²) in [6, 6.07) is 1.83. The Balaban J connectivity index is 2.17. The fraction of sp³-hybridized carbons (Fsp3) is 0.444. The van der Waals surface area contributed by atoms with Gasteiger partial charge in [0.05, 0.1) is 6.20 Å². The van der Waals surface area contributed by atoms with Crippen LogP contribution >= 0.6 is 12.2 Å². The first-order chi connectivity index (χ1) is 6.59. The topological polar surface area (TPSA) is 63.8 Å². The molecule has 1 heterocycles. The number of anilines is 1. The van der Waals surface area contributed by atoms with Crippen LogP contribution in [0.5, 0.6) is 0 Å². The Kier molecular flexibility index (Phi) is 2.11. The third-order valence-electron chi connectivity index (χ3n) is 2.37. The normalized spacial score (nSPS) is 17.5. The van der Waals surface area contributed by atoms with E-state index in [2.05, 4.69) is 22.4 Å². The maximum absolute atomic E-state index is 5.50. The molecule has 1 aromatic heterocycles. The van der Waals surface area contributed by atoms with Crippen molar-refractivity contribution >= 4 is 23.0 Å². The van der Waals surface area contributed by atoms with Gasteiger partial charge in [-0.25, -0.2) is 0 Å². The van der Waals surface area contributed by atoms with E-state index < -0.39 is 0 Å². The molecule has 0 radical (unpaired) electrons. The van der Waals surface area contributed by atoms with Gasteiger partial charge in [-0.05, 0) is 25.8 Å². The summed E-state index contributed by atoms with van der Waals surface area (Å²) in [6.45, 7) is 2.15. The molecule has 2 rings (SSSR count). The molecule has 1 fully saturated rings. The number of hydrogen-bond acceptors (Lipinski definition) is 4. The van der Waals surface area contributed by atoms with Crippen molar-refractivity contribution in [2.24, 2.45) is 5.73 Å². The SMILES string of the molecule is CC1(Nc2cc(C(N)=S)cnn2)CC1. The van der Waals surface area contributed by atoms with Gasteiger partial charge in [-0.1, -0.05) is 12.2 Å². The molecule has 4 nitrogen and oxygen atoms in total. The van der Waals surface area contributed by atoms with Crippen molar-refractivity contribution in [2.45, 2.75) is 25.3 Å². The largest absolute Gasteiger partial charge is 0.389 e. The average molecular weight is 208 g/mol. The van der Waals surface area contributed by atoms with Crippen LogP contribution in [0.25, 0.3) is 0 Å². The number of nitrogens with zero attached hydrogens (tertiary/aromatic N) is 2. The van der Waals surface area contributed by atoms with Gasteiger partial charge < -0.3 is 11.1 Å². The van der Waals surface area contributed by atoms with Gasteiger partial charge in [0.2, 0.25) is 0 Å². The highest BCUT2D eigenvalue weighted by Crippen LogP contribution is 2.37. The molecule has 5 heteroatoms. The molecule has 1 aromatic rings. The van der Waals surface area contributed by atoms with Crippen molar-refractivity contribution in [3.63, 3.8) is 0 Å². The molecule has 3 N–H and O–H groups in total. The lowest BCUT2D eigenvalue weighted by Gasteiger charge is -2.11. The van der Waals surface area contributed by atoms with Crippen LogP contribution in [0, 0.1) is 0 Å². The molecule has 0 unspecified atom stereocenters. The third kappa shape index (κ3) is 1.98. The number of hydrogen-bond donors (Lipinski definition) is 2. The van der Waals surface area contributed by atoms with Crippen LogP contribution in [0.15, 0.2) is 12.3 Å². The minimum Gasteiger partial charge on any atom is -0.389 e. The molecule has 0 saturated heterocycles.